The number of pyridine rings is 1. The first-order valence-corrected chi connectivity index (χ1v) is 9.38. The quantitative estimate of drug-likeness (QED) is 0.848. The molecule has 0 aliphatic carbocycles. The Hall–Kier alpha value is -2.12. The lowest BCUT2D eigenvalue weighted by molar-refractivity contribution is 0.182. The number of anilines is 2. The second-order valence-corrected chi connectivity index (χ2v) is 7.86. The minimum absolute atomic E-state index is 0.0759. The maximum atomic E-state index is 13.4. The van der Waals surface area contributed by atoms with Crippen LogP contribution in [0.5, 0.6) is 0 Å². The third-order valence-corrected chi connectivity index (χ3v) is 6.56. The maximum Gasteiger partial charge on any atom is 0.266 e. The van der Waals surface area contributed by atoms with Crippen LogP contribution in [0, 0.1) is 0 Å². The van der Waals surface area contributed by atoms with Crippen molar-refractivity contribution in [2.45, 2.75) is 24.0 Å². The van der Waals surface area contributed by atoms with Crippen LogP contribution in [0.2, 0.25) is 0 Å². The number of aromatic nitrogens is 1. The number of sulfonamides is 1. The van der Waals surface area contributed by atoms with Gasteiger partial charge >= 0.3 is 0 Å². The monoisotopic (exact) mass is 345 g/mol. The highest BCUT2D eigenvalue weighted by atomic mass is 32.2. The van der Waals surface area contributed by atoms with Gasteiger partial charge in [-0.25, -0.2) is 17.7 Å². The first kappa shape index (κ1) is 15.4. The molecule has 1 aromatic carbocycles. The fraction of sp³-hybridized carbons (Fsp3) is 0.353. The lowest BCUT2D eigenvalue weighted by Gasteiger charge is -2.36. The van der Waals surface area contributed by atoms with E-state index in [9.17, 15) is 8.42 Å². The molecule has 1 aromatic heterocycles. The maximum absolute atomic E-state index is 13.4. The summed E-state index contributed by atoms with van der Waals surface area (Å²) < 4.78 is 33.6. The van der Waals surface area contributed by atoms with Crippen molar-refractivity contribution in [1.29, 1.82) is 0 Å². The Morgan fingerprint density at radius 1 is 1.25 bits per heavy atom. The van der Waals surface area contributed by atoms with E-state index in [0.29, 0.717) is 22.8 Å². The van der Waals surface area contributed by atoms with E-state index in [4.69, 9.17) is 4.74 Å². The van der Waals surface area contributed by atoms with E-state index in [0.717, 1.165) is 18.7 Å². The molecule has 4 rings (SSSR count). The van der Waals surface area contributed by atoms with Gasteiger partial charge in [-0.2, -0.15) is 0 Å². The van der Waals surface area contributed by atoms with E-state index in [-0.39, 0.29) is 12.6 Å². The summed E-state index contributed by atoms with van der Waals surface area (Å²) in [6.07, 6.45) is 2.45. The van der Waals surface area contributed by atoms with Crippen molar-refractivity contribution in [3.8, 4) is 0 Å². The summed E-state index contributed by atoms with van der Waals surface area (Å²) in [5, 5.41) is 0. The Morgan fingerprint density at radius 3 is 2.92 bits per heavy atom. The number of benzene rings is 1. The van der Waals surface area contributed by atoms with E-state index in [1.165, 1.54) is 4.31 Å². The number of methoxy groups -OCH3 is 1. The second kappa shape index (κ2) is 5.75. The molecule has 0 spiro atoms. The van der Waals surface area contributed by atoms with Crippen LogP contribution in [0.1, 0.15) is 12.0 Å². The highest BCUT2D eigenvalue weighted by Crippen LogP contribution is 2.41. The Labute approximate surface area is 141 Å². The summed E-state index contributed by atoms with van der Waals surface area (Å²) in [5.74, 6) is 0.526. The first-order chi connectivity index (χ1) is 11.6. The van der Waals surface area contributed by atoms with E-state index in [2.05, 4.69) is 9.88 Å². The van der Waals surface area contributed by atoms with Crippen LogP contribution in [-0.2, 0) is 21.4 Å². The van der Waals surface area contributed by atoms with Gasteiger partial charge < -0.3 is 9.64 Å². The number of hydrogen-bond acceptors (Lipinski definition) is 5. The van der Waals surface area contributed by atoms with Gasteiger partial charge in [-0.15, -0.1) is 0 Å². The molecule has 3 heterocycles. The lowest BCUT2D eigenvalue weighted by atomic mass is 10.2. The highest BCUT2D eigenvalue weighted by Gasteiger charge is 2.43. The average molecular weight is 345 g/mol. The van der Waals surface area contributed by atoms with E-state index in [1.807, 2.05) is 18.2 Å². The molecule has 126 valence electrons. The highest BCUT2D eigenvalue weighted by molar-refractivity contribution is 7.93. The zero-order valence-corrected chi connectivity index (χ0v) is 14.2. The standard InChI is InChI=1S/C17H19N3O3S/c1-23-12-13-5-2-3-7-16(13)24(21,22)20-14-8-10-19(11-14)15-6-4-9-18-17(15)20/h2-7,9,14H,8,10-12H2,1H3. The molecule has 1 unspecified atom stereocenters. The van der Waals surface area contributed by atoms with Crippen LogP contribution >= 0.6 is 0 Å². The number of rotatable bonds is 4. The van der Waals surface area contributed by atoms with Crippen LogP contribution in [-0.4, -0.2) is 39.6 Å². The molecule has 1 saturated heterocycles. The first-order valence-electron chi connectivity index (χ1n) is 7.94. The summed E-state index contributed by atoms with van der Waals surface area (Å²) in [7, 11) is -2.13. The summed E-state index contributed by atoms with van der Waals surface area (Å²) in [6.45, 7) is 1.83. The molecular formula is C17H19N3O3S. The molecule has 0 radical (unpaired) electrons. The van der Waals surface area contributed by atoms with E-state index in [1.54, 1.807) is 31.5 Å². The van der Waals surface area contributed by atoms with Crippen molar-refractivity contribution in [3.05, 3.63) is 48.2 Å². The van der Waals surface area contributed by atoms with Crippen LogP contribution in [0.4, 0.5) is 11.5 Å². The number of fused-ring (bicyclic) bond motifs is 4. The predicted molar refractivity (Wildman–Crippen MR) is 91.7 cm³/mol. The molecule has 2 aliphatic heterocycles. The van der Waals surface area contributed by atoms with Crippen LogP contribution < -0.4 is 9.21 Å². The smallest absolute Gasteiger partial charge is 0.266 e. The van der Waals surface area contributed by atoms with Crippen molar-refractivity contribution in [1.82, 2.24) is 4.98 Å². The number of hydrogen-bond donors (Lipinski definition) is 0. The van der Waals surface area contributed by atoms with Crippen LogP contribution in [0.15, 0.2) is 47.5 Å². The van der Waals surface area contributed by atoms with Gasteiger partial charge in [0.2, 0.25) is 0 Å². The fourth-order valence-corrected chi connectivity index (χ4v) is 5.43. The van der Waals surface area contributed by atoms with Gasteiger partial charge in [0.1, 0.15) is 0 Å². The largest absolute Gasteiger partial charge is 0.380 e. The zero-order chi connectivity index (χ0) is 16.7. The third-order valence-electron chi connectivity index (χ3n) is 4.62. The van der Waals surface area contributed by atoms with Crippen molar-refractivity contribution in [3.63, 3.8) is 0 Å². The van der Waals surface area contributed by atoms with Gasteiger partial charge in [0, 0.05) is 26.4 Å². The van der Waals surface area contributed by atoms with Gasteiger partial charge in [-0.1, -0.05) is 18.2 Å². The normalized spacial score (nSPS) is 19.5. The Kier molecular flexibility index (Phi) is 3.69. The lowest BCUT2D eigenvalue weighted by Crippen LogP contribution is -2.46. The predicted octanol–water partition coefficient (Wildman–Crippen LogP) is 2.02. The number of ether oxygens (including phenoxy) is 1. The van der Waals surface area contributed by atoms with Gasteiger partial charge in [-0.05, 0) is 30.2 Å². The molecule has 1 atom stereocenters. The topological polar surface area (TPSA) is 62.7 Å². The van der Waals surface area contributed by atoms with Crippen LogP contribution in [0.3, 0.4) is 0 Å². The Morgan fingerprint density at radius 2 is 2.08 bits per heavy atom. The van der Waals surface area contributed by atoms with Gasteiger partial charge in [-0.3, -0.25) is 0 Å². The number of nitrogens with zero attached hydrogens (tertiary/aromatic N) is 3. The van der Waals surface area contributed by atoms with Crippen molar-refractivity contribution >= 4 is 21.5 Å². The van der Waals surface area contributed by atoms with Gasteiger partial charge in [0.25, 0.3) is 10.0 Å². The molecular weight excluding hydrogens is 326 g/mol. The molecule has 0 amide bonds. The molecule has 7 heteroatoms. The molecule has 2 bridgehead atoms. The summed E-state index contributed by atoms with van der Waals surface area (Å²) >= 11 is 0. The molecule has 0 saturated carbocycles. The minimum Gasteiger partial charge on any atom is -0.380 e. The molecule has 0 N–H and O–H groups in total. The minimum atomic E-state index is -3.70. The summed E-state index contributed by atoms with van der Waals surface area (Å²) in [5.41, 5.74) is 1.55. The molecule has 2 aromatic rings. The van der Waals surface area contributed by atoms with Crippen LogP contribution in [0.25, 0.3) is 0 Å². The summed E-state index contributed by atoms with van der Waals surface area (Å²) in [4.78, 5) is 6.89. The Balaban J connectivity index is 1.87. The molecule has 1 fully saturated rings. The molecule has 24 heavy (non-hydrogen) atoms. The zero-order valence-electron chi connectivity index (χ0n) is 13.4. The average Bonchev–Trinajstić information content (AvgIpc) is 3.00. The third kappa shape index (κ3) is 2.27. The Bertz CT molecular complexity index is 869. The second-order valence-electron chi connectivity index (χ2n) is 6.08. The van der Waals surface area contributed by atoms with E-state index >= 15 is 0 Å². The van der Waals surface area contributed by atoms with Crippen molar-refractivity contribution in [2.75, 3.05) is 29.4 Å². The summed E-state index contributed by atoms with van der Waals surface area (Å²) in [6, 6.07) is 10.7. The fourth-order valence-electron chi connectivity index (χ4n) is 3.58. The van der Waals surface area contributed by atoms with E-state index < -0.39 is 10.0 Å². The van der Waals surface area contributed by atoms with Crippen molar-refractivity contribution < 1.29 is 13.2 Å². The van der Waals surface area contributed by atoms with Crippen molar-refractivity contribution in [2.24, 2.45) is 0 Å². The SMILES string of the molecule is COCc1ccccc1S(=O)(=O)N1c2ncccc2N2CCC1C2. The molecule has 2 aliphatic rings. The molecule has 6 nitrogen and oxygen atoms in total. The van der Waals surface area contributed by atoms with Gasteiger partial charge in [0.15, 0.2) is 5.82 Å². The van der Waals surface area contributed by atoms with Gasteiger partial charge in [0.05, 0.1) is 23.2 Å².